The summed E-state index contributed by atoms with van der Waals surface area (Å²) in [7, 11) is 0. The predicted molar refractivity (Wildman–Crippen MR) is 83.6 cm³/mol. The number of aliphatic carboxylic acids is 1. The van der Waals surface area contributed by atoms with E-state index in [-0.39, 0.29) is 19.1 Å². The molecule has 0 fully saturated rings. The molecule has 0 heterocycles. The van der Waals surface area contributed by atoms with Gasteiger partial charge in [0, 0.05) is 13.0 Å². The Labute approximate surface area is 130 Å². The van der Waals surface area contributed by atoms with Gasteiger partial charge in [-0.3, -0.25) is 9.59 Å². The first kappa shape index (κ1) is 18.1. The van der Waals surface area contributed by atoms with E-state index in [0.29, 0.717) is 13.0 Å². The van der Waals surface area contributed by atoms with Crippen LogP contribution >= 0.6 is 0 Å². The van der Waals surface area contributed by atoms with E-state index in [1.165, 1.54) is 11.1 Å². The third-order valence-corrected chi connectivity index (χ3v) is 3.17. The van der Waals surface area contributed by atoms with Crippen molar-refractivity contribution in [1.29, 1.82) is 0 Å². The molecule has 1 amide bonds. The second kappa shape index (κ2) is 9.92. The van der Waals surface area contributed by atoms with Gasteiger partial charge in [0.1, 0.15) is 6.04 Å². The van der Waals surface area contributed by atoms with Crippen LogP contribution in [0.15, 0.2) is 24.3 Å². The molecule has 0 saturated heterocycles. The van der Waals surface area contributed by atoms with Gasteiger partial charge in [-0.1, -0.05) is 29.8 Å². The van der Waals surface area contributed by atoms with Crippen molar-refractivity contribution in [3.8, 4) is 0 Å². The molecule has 1 unspecified atom stereocenters. The normalized spacial score (nSPS) is 11.9. The van der Waals surface area contributed by atoms with E-state index in [1.54, 1.807) is 0 Å². The largest absolute Gasteiger partial charge is 0.480 e. The highest BCUT2D eigenvalue weighted by atomic mass is 16.5. The molecule has 1 aromatic carbocycles. The second-order valence-corrected chi connectivity index (χ2v) is 5.21. The molecule has 0 spiro atoms. The topological polar surface area (TPSA) is 102 Å². The molecule has 6 heteroatoms. The third kappa shape index (κ3) is 7.75. The number of carbonyl (C=O) groups excluding carboxylic acids is 1. The van der Waals surface area contributed by atoms with Crippen LogP contribution in [0.25, 0.3) is 0 Å². The van der Waals surface area contributed by atoms with Gasteiger partial charge in [-0.15, -0.1) is 0 Å². The number of nitrogens with one attached hydrogen (secondary N) is 1. The average Bonchev–Trinajstić information content (AvgIpc) is 2.48. The van der Waals surface area contributed by atoms with Crippen molar-refractivity contribution in [2.75, 3.05) is 19.8 Å². The van der Waals surface area contributed by atoms with Crippen LogP contribution in [0.4, 0.5) is 0 Å². The average molecular weight is 308 g/mol. The molecule has 122 valence electrons. The van der Waals surface area contributed by atoms with Crippen LogP contribution in [-0.4, -0.2) is 42.8 Å². The highest BCUT2D eigenvalue weighted by Gasteiger charge is 2.10. The van der Waals surface area contributed by atoms with Crippen LogP contribution in [0.2, 0.25) is 0 Å². The first-order valence-electron chi connectivity index (χ1n) is 7.37. The summed E-state index contributed by atoms with van der Waals surface area (Å²) in [6.45, 7) is 2.60. The molecule has 0 aromatic heterocycles. The van der Waals surface area contributed by atoms with Crippen LogP contribution < -0.4 is 11.1 Å². The number of carboxylic acids is 1. The molecule has 0 aliphatic heterocycles. The number of carbonyl (C=O) groups is 2. The number of amides is 1. The summed E-state index contributed by atoms with van der Waals surface area (Å²) in [5.74, 6) is -1.13. The minimum absolute atomic E-state index is 0.0294. The Bertz CT molecular complexity index is 474. The fraction of sp³-hybridized carbons (Fsp3) is 0.500. The fourth-order valence-electron chi connectivity index (χ4n) is 1.84. The van der Waals surface area contributed by atoms with Crippen molar-refractivity contribution in [1.82, 2.24) is 5.32 Å². The Morgan fingerprint density at radius 3 is 2.64 bits per heavy atom. The van der Waals surface area contributed by atoms with Crippen molar-refractivity contribution in [3.63, 3.8) is 0 Å². The number of ether oxygens (including phenoxy) is 1. The Kier molecular flexibility index (Phi) is 8.17. The van der Waals surface area contributed by atoms with Gasteiger partial charge in [0.25, 0.3) is 0 Å². The zero-order valence-corrected chi connectivity index (χ0v) is 12.9. The Morgan fingerprint density at radius 2 is 2.00 bits per heavy atom. The summed E-state index contributed by atoms with van der Waals surface area (Å²) in [5, 5.41) is 11.3. The van der Waals surface area contributed by atoms with Gasteiger partial charge in [-0.05, 0) is 25.3 Å². The molecule has 1 atom stereocenters. The van der Waals surface area contributed by atoms with Gasteiger partial charge in [-0.25, -0.2) is 0 Å². The highest BCUT2D eigenvalue weighted by Crippen LogP contribution is 2.07. The van der Waals surface area contributed by atoms with Gasteiger partial charge < -0.3 is 20.9 Å². The number of benzene rings is 1. The Hall–Kier alpha value is -1.92. The van der Waals surface area contributed by atoms with E-state index in [1.807, 2.05) is 6.92 Å². The first-order chi connectivity index (χ1) is 10.5. The molecule has 0 saturated carbocycles. The van der Waals surface area contributed by atoms with Crippen molar-refractivity contribution in [2.24, 2.45) is 5.73 Å². The smallest absolute Gasteiger partial charge is 0.322 e. The monoisotopic (exact) mass is 308 g/mol. The number of carboxylic acid groups (broad SMARTS) is 1. The highest BCUT2D eigenvalue weighted by molar-refractivity contribution is 5.75. The lowest BCUT2D eigenvalue weighted by Crippen LogP contribution is -2.36. The molecule has 1 aromatic rings. The zero-order chi connectivity index (χ0) is 16.4. The molecule has 0 aliphatic rings. The van der Waals surface area contributed by atoms with Gasteiger partial charge >= 0.3 is 5.97 Å². The van der Waals surface area contributed by atoms with E-state index in [0.717, 1.165) is 12.8 Å². The molecule has 0 aliphatic carbocycles. The third-order valence-electron chi connectivity index (χ3n) is 3.17. The van der Waals surface area contributed by atoms with Crippen molar-refractivity contribution in [2.45, 2.75) is 32.2 Å². The van der Waals surface area contributed by atoms with E-state index in [2.05, 4.69) is 29.6 Å². The molecule has 4 N–H and O–H groups in total. The van der Waals surface area contributed by atoms with Crippen LogP contribution in [0.3, 0.4) is 0 Å². The molecule has 0 bridgehead atoms. The quantitative estimate of drug-likeness (QED) is 0.557. The molecule has 0 radical (unpaired) electrons. The van der Waals surface area contributed by atoms with Crippen molar-refractivity contribution >= 4 is 11.9 Å². The maximum absolute atomic E-state index is 11.6. The van der Waals surface area contributed by atoms with Crippen LogP contribution in [0, 0.1) is 6.92 Å². The number of hydrogen-bond donors (Lipinski definition) is 3. The molecule has 22 heavy (non-hydrogen) atoms. The summed E-state index contributed by atoms with van der Waals surface area (Å²) in [6, 6.07) is 7.26. The van der Waals surface area contributed by atoms with Gasteiger partial charge in [0.05, 0.1) is 13.2 Å². The molecule has 1 rings (SSSR count). The van der Waals surface area contributed by atoms with Crippen LogP contribution in [0.5, 0.6) is 0 Å². The minimum Gasteiger partial charge on any atom is -0.480 e. The number of aryl methyl sites for hydroxylation is 2. The zero-order valence-electron chi connectivity index (χ0n) is 12.9. The van der Waals surface area contributed by atoms with E-state index in [4.69, 9.17) is 15.6 Å². The minimum atomic E-state index is -1.10. The van der Waals surface area contributed by atoms with Crippen molar-refractivity contribution in [3.05, 3.63) is 35.4 Å². The number of hydrogen-bond acceptors (Lipinski definition) is 4. The lowest BCUT2D eigenvalue weighted by molar-refractivity contribution is -0.140. The predicted octanol–water partition coefficient (Wildman–Crippen LogP) is 0.862. The molecular formula is C16H24N2O4. The Balaban J connectivity index is 2.04. The van der Waals surface area contributed by atoms with E-state index >= 15 is 0 Å². The summed E-state index contributed by atoms with van der Waals surface area (Å²) >= 11 is 0. The summed E-state index contributed by atoms with van der Waals surface area (Å²) in [5.41, 5.74) is 7.73. The summed E-state index contributed by atoms with van der Waals surface area (Å²) < 4.78 is 5.07. The van der Waals surface area contributed by atoms with Crippen LogP contribution in [-0.2, 0) is 20.7 Å². The van der Waals surface area contributed by atoms with Crippen LogP contribution in [0.1, 0.15) is 24.0 Å². The number of nitrogens with two attached hydrogens (primary N) is 1. The maximum Gasteiger partial charge on any atom is 0.322 e. The van der Waals surface area contributed by atoms with Gasteiger partial charge in [0.15, 0.2) is 0 Å². The van der Waals surface area contributed by atoms with Gasteiger partial charge in [0.2, 0.25) is 5.91 Å². The summed E-state index contributed by atoms with van der Waals surface area (Å²) in [6.07, 6.45) is 2.12. The fourth-order valence-corrected chi connectivity index (χ4v) is 1.84. The molecular weight excluding hydrogens is 284 g/mol. The van der Waals surface area contributed by atoms with E-state index < -0.39 is 12.0 Å². The number of rotatable bonds is 10. The lowest BCUT2D eigenvalue weighted by Gasteiger charge is -2.08. The SMILES string of the molecule is Cc1ccc(CCCC(=O)NCCOCC(N)C(=O)O)cc1. The van der Waals surface area contributed by atoms with Crippen molar-refractivity contribution < 1.29 is 19.4 Å². The summed E-state index contributed by atoms with van der Waals surface area (Å²) in [4.78, 5) is 22.1. The lowest BCUT2D eigenvalue weighted by atomic mass is 10.1. The second-order valence-electron chi connectivity index (χ2n) is 5.21. The van der Waals surface area contributed by atoms with E-state index in [9.17, 15) is 9.59 Å². The standard InChI is InChI=1S/C16H24N2O4/c1-12-5-7-13(8-6-12)3-2-4-15(19)18-9-10-22-11-14(17)16(20)21/h5-8,14H,2-4,9-11,17H2,1H3,(H,18,19)(H,20,21). The first-order valence-corrected chi connectivity index (χ1v) is 7.37. The Morgan fingerprint density at radius 1 is 1.32 bits per heavy atom. The van der Waals surface area contributed by atoms with Gasteiger partial charge in [-0.2, -0.15) is 0 Å². The maximum atomic E-state index is 11.6. The molecule has 6 nitrogen and oxygen atoms in total.